The first-order valence-electron chi connectivity index (χ1n) is 4.32. The van der Waals surface area contributed by atoms with Gasteiger partial charge in [0.25, 0.3) is 0 Å². The van der Waals surface area contributed by atoms with E-state index in [4.69, 9.17) is 21.9 Å². The molecule has 2 rings (SSSR count). The third-order valence-corrected chi connectivity index (χ3v) is 2.11. The number of hydrogen-bond acceptors (Lipinski definition) is 6. The van der Waals surface area contributed by atoms with Crippen molar-refractivity contribution in [2.24, 2.45) is 0 Å². The van der Waals surface area contributed by atoms with Crippen molar-refractivity contribution in [1.82, 2.24) is 19.2 Å². The fourth-order valence-corrected chi connectivity index (χ4v) is 1.45. The van der Waals surface area contributed by atoms with Gasteiger partial charge in [-0.2, -0.15) is 11.1 Å². The molecule has 0 atom stereocenters. The van der Waals surface area contributed by atoms with E-state index < -0.39 is 34.2 Å². The van der Waals surface area contributed by atoms with Crippen molar-refractivity contribution >= 4 is 11.2 Å². The Hall–Kier alpha value is -2.68. The van der Waals surface area contributed by atoms with E-state index in [2.05, 4.69) is 4.95 Å². The molecule has 0 amide bonds. The third kappa shape index (κ3) is 1.45. The highest BCUT2D eigenvalue weighted by Crippen LogP contribution is 2.06. The molecule has 18 heavy (non-hydrogen) atoms. The molecule has 5 N–H and O–H groups in total. The number of rotatable bonds is 1. The number of aliphatic hydroxyl groups is 3. The maximum atomic E-state index is 11.6. The second-order valence-corrected chi connectivity index (χ2v) is 3.24. The van der Waals surface area contributed by atoms with Crippen LogP contribution in [0.2, 0.25) is 0 Å². The van der Waals surface area contributed by atoms with Gasteiger partial charge in [-0.3, -0.25) is 14.8 Å². The maximum Gasteiger partial charge on any atom is 0.407 e. The lowest BCUT2D eigenvalue weighted by Gasteiger charge is -2.16. The van der Waals surface area contributed by atoms with Crippen LogP contribution in [0.15, 0.2) is 14.4 Å². The molecule has 0 radical (unpaired) electrons. The zero-order valence-corrected chi connectivity index (χ0v) is 8.41. The van der Waals surface area contributed by atoms with Crippen LogP contribution in [0.4, 0.5) is 0 Å². The van der Waals surface area contributed by atoms with Gasteiger partial charge in [-0.1, -0.05) is 0 Å². The van der Waals surface area contributed by atoms with Gasteiger partial charge in [-0.25, -0.2) is 9.59 Å². The summed E-state index contributed by atoms with van der Waals surface area (Å²) in [7, 11) is 0. The summed E-state index contributed by atoms with van der Waals surface area (Å²) in [6, 6.07) is 0. The molecule has 0 unspecified atom stereocenters. The second kappa shape index (κ2) is 3.40. The van der Waals surface area contributed by atoms with Gasteiger partial charge in [0.1, 0.15) is 0 Å². The summed E-state index contributed by atoms with van der Waals surface area (Å²) in [6.45, 7) is 6.64. The van der Waals surface area contributed by atoms with Crippen LogP contribution in [-0.2, 0) is 6.10 Å². The Bertz CT molecular complexity index is 837. The van der Waals surface area contributed by atoms with E-state index >= 15 is 0 Å². The normalized spacial score (nSPS) is 11.7. The van der Waals surface area contributed by atoms with Gasteiger partial charge in [-0.15, -0.1) is 4.95 Å². The van der Waals surface area contributed by atoms with Crippen molar-refractivity contribution in [3.8, 4) is 0 Å². The highest BCUT2D eigenvalue weighted by atomic mass is 16.7. The first kappa shape index (κ1) is 11.8. The monoisotopic (exact) mass is 255 g/mol. The highest BCUT2D eigenvalue weighted by molar-refractivity contribution is 5.69. The molecule has 0 bridgehead atoms. The molecule has 2 heterocycles. The van der Waals surface area contributed by atoms with Gasteiger partial charge in [-0.05, 0) is 0 Å². The number of fused-ring (bicyclic) bond motifs is 1. The van der Waals surface area contributed by atoms with Crippen LogP contribution < -0.4 is 16.9 Å². The molecule has 0 aliphatic rings. The van der Waals surface area contributed by atoms with Crippen molar-refractivity contribution in [3.05, 3.63) is 42.8 Å². The minimum absolute atomic E-state index is 0.0798. The molecule has 11 heteroatoms. The zero-order valence-electron chi connectivity index (χ0n) is 8.41. The smallest absolute Gasteiger partial charge is 0.325 e. The number of H-pyrrole nitrogens is 2. The first-order valence-corrected chi connectivity index (χ1v) is 4.32. The zero-order chi connectivity index (χ0) is 13.7. The SMILES string of the molecule is [C-]#[N+]n1c(=O)c2[nH]c(=O)[nH]c2n(C(O)(O)O)c1=O. The minimum Gasteiger partial charge on any atom is -0.325 e. The topological polar surface area (TPSA) is 158 Å². The van der Waals surface area contributed by atoms with E-state index in [9.17, 15) is 14.4 Å². The number of nitrogens with one attached hydrogen (secondary N) is 2. The van der Waals surface area contributed by atoms with E-state index in [1.54, 1.807) is 0 Å². The first-order chi connectivity index (χ1) is 8.27. The van der Waals surface area contributed by atoms with Gasteiger partial charge in [0, 0.05) is 0 Å². The van der Waals surface area contributed by atoms with Crippen LogP contribution in [0.1, 0.15) is 0 Å². The molecule has 2 aromatic rings. The molecule has 11 nitrogen and oxygen atoms in total. The lowest BCUT2D eigenvalue weighted by atomic mass is 10.5. The average molecular weight is 255 g/mol. The highest BCUT2D eigenvalue weighted by Gasteiger charge is 2.31. The van der Waals surface area contributed by atoms with Crippen molar-refractivity contribution in [3.63, 3.8) is 0 Å². The second-order valence-electron chi connectivity index (χ2n) is 3.24. The molecule has 0 aliphatic carbocycles. The van der Waals surface area contributed by atoms with Crippen LogP contribution >= 0.6 is 0 Å². The summed E-state index contributed by atoms with van der Waals surface area (Å²) in [5.41, 5.74) is -4.82. The van der Waals surface area contributed by atoms with Crippen LogP contribution in [0.3, 0.4) is 0 Å². The summed E-state index contributed by atoms with van der Waals surface area (Å²) < 4.78 is -0.205. The maximum absolute atomic E-state index is 11.6. The van der Waals surface area contributed by atoms with E-state index in [0.717, 1.165) is 0 Å². The van der Waals surface area contributed by atoms with Gasteiger partial charge in [0.15, 0.2) is 11.2 Å². The molecule has 0 aliphatic heterocycles. The van der Waals surface area contributed by atoms with Gasteiger partial charge >= 0.3 is 23.0 Å². The summed E-state index contributed by atoms with van der Waals surface area (Å²) in [5.74, 6) is 0. The van der Waals surface area contributed by atoms with E-state index in [0.29, 0.717) is 0 Å². The summed E-state index contributed by atoms with van der Waals surface area (Å²) in [4.78, 5) is 40.6. The summed E-state index contributed by atoms with van der Waals surface area (Å²) >= 11 is 0. The minimum atomic E-state index is -3.68. The molecule has 0 aromatic carbocycles. The fourth-order valence-electron chi connectivity index (χ4n) is 1.45. The Labute approximate surface area is 95.6 Å². The molecule has 94 valence electrons. The Morgan fingerprint density at radius 2 is 1.78 bits per heavy atom. The molecule has 0 saturated heterocycles. The number of aromatic amines is 2. The van der Waals surface area contributed by atoms with Crippen molar-refractivity contribution < 1.29 is 15.3 Å². The van der Waals surface area contributed by atoms with Gasteiger partial charge < -0.3 is 15.3 Å². The quantitative estimate of drug-likeness (QED) is 0.261. The molecule has 2 aromatic heterocycles. The Morgan fingerprint density at radius 1 is 1.17 bits per heavy atom. The Morgan fingerprint density at radius 3 is 2.28 bits per heavy atom. The van der Waals surface area contributed by atoms with Crippen molar-refractivity contribution in [2.45, 2.75) is 6.10 Å². The molecular formula is C7H5N5O6. The lowest BCUT2D eigenvalue weighted by Crippen LogP contribution is -2.47. The number of aromatic nitrogens is 4. The Balaban J connectivity index is 3.21. The molecule has 0 fully saturated rings. The van der Waals surface area contributed by atoms with Gasteiger partial charge in [0.2, 0.25) is 0 Å². The third-order valence-electron chi connectivity index (χ3n) is 2.11. The van der Waals surface area contributed by atoms with Crippen LogP contribution in [0, 0.1) is 6.57 Å². The molecule has 0 spiro atoms. The Kier molecular flexibility index (Phi) is 2.23. The lowest BCUT2D eigenvalue weighted by molar-refractivity contribution is -0.375. The predicted molar refractivity (Wildman–Crippen MR) is 54.1 cm³/mol. The van der Waals surface area contributed by atoms with E-state index in [-0.39, 0.29) is 9.24 Å². The summed E-state index contributed by atoms with van der Waals surface area (Å²) in [5, 5.41) is 27.0. The standard InChI is InChI=1S/C7H5N5O6/c1-8-12-4(13)2-3(10-5(14)9-2)11(6(12)15)7(16,17)18/h16-18H,(H2,9,10,14). The molecular weight excluding hydrogens is 250 g/mol. The number of imidazole rings is 1. The predicted octanol–water partition coefficient (Wildman–Crippen LogP) is -3.59. The van der Waals surface area contributed by atoms with E-state index in [1.165, 1.54) is 0 Å². The van der Waals surface area contributed by atoms with Crippen LogP contribution in [-0.4, -0.2) is 34.5 Å². The fraction of sp³-hybridized carbons (Fsp3) is 0.143. The largest absolute Gasteiger partial charge is 0.407 e. The average Bonchev–Trinajstić information content (AvgIpc) is 2.58. The molecule has 0 saturated carbocycles. The number of hydrogen-bond donors (Lipinski definition) is 5. The van der Waals surface area contributed by atoms with Crippen molar-refractivity contribution in [2.75, 3.05) is 0 Å². The number of nitrogens with zero attached hydrogens (tertiary/aromatic N) is 3. The van der Waals surface area contributed by atoms with Crippen LogP contribution in [0.25, 0.3) is 16.1 Å². The van der Waals surface area contributed by atoms with Crippen molar-refractivity contribution in [1.29, 1.82) is 0 Å². The summed E-state index contributed by atoms with van der Waals surface area (Å²) in [6.07, 6.45) is -3.68. The van der Waals surface area contributed by atoms with Gasteiger partial charge in [0.05, 0.1) is 4.68 Å². The van der Waals surface area contributed by atoms with E-state index in [1.807, 2.05) is 9.97 Å². The van der Waals surface area contributed by atoms with Crippen LogP contribution in [0.5, 0.6) is 0 Å².